The van der Waals surface area contributed by atoms with Crippen LogP contribution in [0.2, 0.25) is 0 Å². The molecule has 0 atom stereocenters. The lowest BCUT2D eigenvalue weighted by molar-refractivity contribution is -0.148. The van der Waals surface area contributed by atoms with Gasteiger partial charge in [-0.25, -0.2) is 4.79 Å². The number of hydrogen-bond donors (Lipinski definition) is 2. The molecule has 1 aliphatic rings. The van der Waals surface area contributed by atoms with Crippen LogP contribution in [0.25, 0.3) is 6.08 Å². The lowest BCUT2D eigenvalue weighted by Crippen LogP contribution is -2.55. The number of hydrogen-bond acceptors (Lipinski definition) is 2. The molecule has 1 aromatic rings. The van der Waals surface area contributed by atoms with Crippen molar-refractivity contribution in [3.63, 3.8) is 0 Å². The quantitative estimate of drug-likeness (QED) is 0.817. The normalized spacial score (nSPS) is 17.6. The maximum atomic E-state index is 12.0. The molecule has 21 heavy (non-hydrogen) atoms. The third kappa shape index (κ3) is 4.17. The van der Waals surface area contributed by atoms with Crippen LogP contribution in [0.5, 0.6) is 0 Å². The van der Waals surface area contributed by atoms with Crippen LogP contribution in [0.3, 0.4) is 0 Å². The van der Waals surface area contributed by atoms with Crippen LogP contribution < -0.4 is 5.32 Å². The number of nitrogens with one attached hydrogen (secondary N) is 1. The molecule has 0 saturated heterocycles. The van der Waals surface area contributed by atoms with Crippen LogP contribution in [-0.2, 0) is 9.59 Å². The standard InChI is InChI=1S/C16H18BrNO3/c17-13-7-4-12(5-8-13)6-9-14(19)18-16(15(20)21)10-2-1-3-11-16/h4-9H,1-3,10-11H2,(H,18,19)(H,20,21). The number of aliphatic carboxylic acids is 1. The summed E-state index contributed by atoms with van der Waals surface area (Å²) in [7, 11) is 0. The first-order chi connectivity index (χ1) is 10.0. The Hall–Kier alpha value is -1.62. The summed E-state index contributed by atoms with van der Waals surface area (Å²) in [6.45, 7) is 0. The largest absolute Gasteiger partial charge is 0.480 e. The van der Waals surface area contributed by atoms with E-state index in [4.69, 9.17) is 0 Å². The number of carbonyl (C=O) groups excluding carboxylic acids is 1. The zero-order valence-electron chi connectivity index (χ0n) is 11.6. The van der Waals surface area contributed by atoms with E-state index in [1.165, 1.54) is 6.08 Å². The highest BCUT2D eigenvalue weighted by molar-refractivity contribution is 9.10. The molecule has 1 saturated carbocycles. The Bertz CT molecular complexity index is 545. The molecule has 112 valence electrons. The molecule has 1 aromatic carbocycles. The Morgan fingerprint density at radius 3 is 2.33 bits per heavy atom. The molecule has 0 aromatic heterocycles. The first-order valence-corrected chi connectivity index (χ1v) is 7.80. The lowest BCUT2D eigenvalue weighted by Gasteiger charge is -2.33. The van der Waals surface area contributed by atoms with E-state index in [0.29, 0.717) is 12.8 Å². The van der Waals surface area contributed by atoms with E-state index in [2.05, 4.69) is 21.2 Å². The number of halogens is 1. The van der Waals surface area contributed by atoms with Crippen molar-refractivity contribution in [1.29, 1.82) is 0 Å². The monoisotopic (exact) mass is 351 g/mol. The smallest absolute Gasteiger partial charge is 0.329 e. The van der Waals surface area contributed by atoms with E-state index in [1.54, 1.807) is 6.08 Å². The minimum atomic E-state index is -1.10. The zero-order valence-corrected chi connectivity index (χ0v) is 13.2. The molecule has 5 heteroatoms. The second kappa shape index (κ2) is 6.89. The Morgan fingerprint density at radius 1 is 1.14 bits per heavy atom. The summed E-state index contributed by atoms with van der Waals surface area (Å²) >= 11 is 3.35. The molecule has 1 amide bonds. The summed E-state index contributed by atoms with van der Waals surface area (Å²) in [5, 5.41) is 12.1. The molecular weight excluding hydrogens is 334 g/mol. The average Bonchev–Trinajstić information content (AvgIpc) is 2.47. The van der Waals surface area contributed by atoms with E-state index in [-0.39, 0.29) is 5.91 Å². The van der Waals surface area contributed by atoms with Crippen LogP contribution in [0.4, 0.5) is 0 Å². The van der Waals surface area contributed by atoms with Gasteiger partial charge in [-0.15, -0.1) is 0 Å². The lowest BCUT2D eigenvalue weighted by atomic mass is 9.81. The fourth-order valence-corrected chi connectivity index (χ4v) is 2.84. The van der Waals surface area contributed by atoms with E-state index in [1.807, 2.05) is 24.3 Å². The summed E-state index contributed by atoms with van der Waals surface area (Å²) in [5.74, 6) is -1.30. The highest BCUT2D eigenvalue weighted by atomic mass is 79.9. The number of rotatable bonds is 4. The predicted octanol–water partition coefficient (Wildman–Crippen LogP) is 3.37. The third-order valence-electron chi connectivity index (χ3n) is 3.78. The first kappa shape index (κ1) is 15.8. The van der Waals surface area contributed by atoms with Gasteiger partial charge in [0.15, 0.2) is 0 Å². The number of carbonyl (C=O) groups is 2. The number of carboxylic acids is 1. The molecule has 1 fully saturated rings. The summed E-state index contributed by atoms with van der Waals surface area (Å²) in [5.41, 5.74) is -0.208. The van der Waals surface area contributed by atoms with E-state index in [9.17, 15) is 14.7 Å². The fourth-order valence-electron chi connectivity index (χ4n) is 2.57. The maximum Gasteiger partial charge on any atom is 0.329 e. The van der Waals surface area contributed by atoms with E-state index < -0.39 is 11.5 Å². The number of carboxylic acid groups (broad SMARTS) is 1. The number of amides is 1. The van der Waals surface area contributed by atoms with Gasteiger partial charge in [0.25, 0.3) is 0 Å². The third-order valence-corrected chi connectivity index (χ3v) is 4.30. The van der Waals surface area contributed by atoms with Crippen molar-refractivity contribution < 1.29 is 14.7 Å². The van der Waals surface area contributed by atoms with Gasteiger partial charge < -0.3 is 10.4 Å². The van der Waals surface area contributed by atoms with Crippen molar-refractivity contribution in [3.05, 3.63) is 40.4 Å². The molecule has 1 aliphatic carbocycles. The van der Waals surface area contributed by atoms with Gasteiger partial charge >= 0.3 is 5.97 Å². The van der Waals surface area contributed by atoms with E-state index >= 15 is 0 Å². The zero-order chi connectivity index (χ0) is 15.3. The minimum Gasteiger partial charge on any atom is -0.480 e. The summed E-state index contributed by atoms with van der Waals surface area (Å²) in [4.78, 5) is 23.5. The summed E-state index contributed by atoms with van der Waals surface area (Å²) < 4.78 is 0.969. The van der Waals surface area contributed by atoms with Crippen molar-refractivity contribution in [1.82, 2.24) is 5.32 Å². The average molecular weight is 352 g/mol. The Labute approximate surface area is 132 Å². The molecular formula is C16H18BrNO3. The molecule has 4 nitrogen and oxygen atoms in total. The molecule has 0 bridgehead atoms. The SMILES string of the molecule is O=C(C=Cc1ccc(Br)cc1)NC1(C(=O)O)CCCCC1. The van der Waals surface area contributed by atoms with E-state index in [0.717, 1.165) is 29.3 Å². The predicted molar refractivity (Wildman–Crippen MR) is 84.8 cm³/mol. The molecule has 0 aliphatic heterocycles. The Kier molecular flexibility index (Phi) is 5.17. The van der Waals surface area contributed by atoms with Crippen molar-refractivity contribution in [3.8, 4) is 0 Å². The minimum absolute atomic E-state index is 0.359. The molecule has 2 rings (SSSR count). The molecule has 0 heterocycles. The topological polar surface area (TPSA) is 66.4 Å². The van der Waals surface area contributed by atoms with Crippen molar-refractivity contribution in [2.75, 3.05) is 0 Å². The first-order valence-electron chi connectivity index (χ1n) is 7.01. The Morgan fingerprint density at radius 2 is 1.76 bits per heavy atom. The molecule has 2 N–H and O–H groups in total. The van der Waals surface area contributed by atoms with Gasteiger partial charge in [0.1, 0.15) is 5.54 Å². The second-order valence-electron chi connectivity index (χ2n) is 5.32. The van der Waals surface area contributed by atoms with Crippen LogP contribution in [-0.4, -0.2) is 22.5 Å². The molecule has 0 radical (unpaired) electrons. The van der Waals surface area contributed by atoms with Crippen LogP contribution >= 0.6 is 15.9 Å². The van der Waals surface area contributed by atoms with Crippen LogP contribution in [0.15, 0.2) is 34.8 Å². The van der Waals surface area contributed by atoms with Crippen LogP contribution in [0.1, 0.15) is 37.7 Å². The van der Waals surface area contributed by atoms with Gasteiger partial charge in [-0.05, 0) is 36.6 Å². The van der Waals surface area contributed by atoms with Crippen molar-refractivity contribution >= 4 is 33.9 Å². The molecule has 0 spiro atoms. The van der Waals surface area contributed by atoms with Crippen molar-refractivity contribution in [2.45, 2.75) is 37.6 Å². The Balaban J connectivity index is 2.02. The number of benzene rings is 1. The fraction of sp³-hybridized carbons (Fsp3) is 0.375. The van der Waals surface area contributed by atoms with Gasteiger partial charge in [0.2, 0.25) is 5.91 Å². The summed E-state index contributed by atoms with van der Waals surface area (Å²) in [6, 6.07) is 7.53. The van der Waals surface area contributed by atoms with Gasteiger partial charge in [-0.3, -0.25) is 4.79 Å². The van der Waals surface area contributed by atoms with Gasteiger partial charge in [-0.2, -0.15) is 0 Å². The highest BCUT2D eigenvalue weighted by Crippen LogP contribution is 2.28. The van der Waals surface area contributed by atoms with Gasteiger partial charge in [0, 0.05) is 10.5 Å². The molecule has 0 unspecified atom stereocenters. The van der Waals surface area contributed by atoms with Gasteiger partial charge in [-0.1, -0.05) is 47.3 Å². The highest BCUT2D eigenvalue weighted by Gasteiger charge is 2.40. The summed E-state index contributed by atoms with van der Waals surface area (Å²) in [6.07, 6.45) is 6.77. The maximum absolute atomic E-state index is 12.0. The van der Waals surface area contributed by atoms with Crippen LogP contribution in [0, 0.1) is 0 Å². The second-order valence-corrected chi connectivity index (χ2v) is 6.24. The van der Waals surface area contributed by atoms with Gasteiger partial charge in [0.05, 0.1) is 0 Å². The van der Waals surface area contributed by atoms with Crippen molar-refractivity contribution in [2.24, 2.45) is 0 Å².